The average molecular weight is 296 g/mol. The first-order valence-electron chi connectivity index (χ1n) is 7.08. The zero-order chi connectivity index (χ0) is 14.8. The van der Waals surface area contributed by atoms with E-state index in [-0.39, 0.29) is 11.4 Å². The van der Waals surface area contributed by atoms with Gasteiger partial charge in [-0.25, -0.2) is 0 Å². The number of carbonyl (C=O) groups excluding carboxylic acids is 1. The molecule has 0 saturated carbocycles. The van der Waals surface area contributed by atoms with E-state index in [4.69, 9.17) is 16.3 Å². The molecule has 110 valence electrons. The number of methoxy groups -OCH3 is 1. The van der Waals surface area contributed by atoms with Crippen LogP contribution in [-0.2, 0) is 11.2 Å². The lowest BCUT2D eigenvalue weighted by Crippen LogP contribution is -2.44. The van der Waals surface area contributed by atoms with Gasteiger partial charge in [-0.1, -0.05) is 31.5 Å². The van der Waals surface area contributed by atoms with Crippen molar-refractivity contribution >= 4 is 17.5 Å². The third kappa shape index (κ3) is 3.26. The highest BCUT2D eigenvalue weighted by molar-refractivity contribution is 6.31. The predicted molar refractivity (Wildman–Crippen MR) is 81.3 cm³/mol. The first kappa shape index (κ1) is 15.2. The lowest BCUT2D eigenvalue weighted by atomic mass is 9.82. The molecule has 1 atom stereocenters. The SMILES string of the molecule is COc1cccc(Cl)c1CC1(CC(C)C)CCC(=O)N1. The van der Waals surface area contributed by atoms with Crippen LogP contribution in [0, 0.1) is 5.92 Å². The van der Waals surface area contributed by atoms with Crippen LogP contribution in [0.3, 0.4) is 0 Å². The lowest BCUT2D eigenvalue weighted by molar-refractivity contribution is -0.119. The summed E-state index contributed by atoms with van der Waals surface area (Å²) >= 11 is 6.33. The van der Waals surface area contributed by atoms with Crippen LogP contribution in [0.25, 0.3) is 0 Å². The third-order valence-corrected chi connectivity index (χ3v) is 4.20. The van der Waals surface area contributed by atoms with E-state index >= 15 is 0 Å². The van der Waals surface area contributed by atoms with Crippen molar-refractivity contribution in [1.82, 2.24) is 5.32 Å². The minimum Gasteiger partial charge on any atom is -0.496 e. The molecule has 3 nitrogen and oxygen atoms in total. The molecule has 1 saturated heterocycles. The van der Waals surface area contributed by atoms with E-state index in [0.29, 0.717) is 17.4 Å². The van der Waals surface area contributed by atoms with Gasteiger partial charge in [-0.15, -0.1) is 0 Å². The molecule has 1 aliphatic heterocycles. The minimum atomic E-state index is -0.191. The maximum absolute atomic E-state index is 11.7. The van der Waals surface area contributed by atoms with Crippen molar-refractivity contribution in [3.63, 3.8) is 0 Å². The molecule has 1 aromatic rings. The largest absolute Gasteiger partial charge is 0.496 e. The van der Waals surface area contributed by atoms with Gasteiger partial charge in [-0.2, -0.15) is 0 Å². The van der Waals surface area contributed by atoms with Gasteiger partial charge in [0.2, 0.25) is 5.91 Å². The number of amides is 1. The van der Waals surface area contributed by atoms with Crippen molar-refractivity contribution in [3.05, 3.63) is 28.8 Å². The highest BCUT2D eigenvalue weighted by Crippen LogP contribution is 2.36. The summed E-state index contributed by atoms with van der Waals surface area (Å²) in [5.74, 6) is 1.44. The number of rotatable bonds is 5. The van der Waals surface area contributed by atoms with Crippen molar-refractivity contribution in [2.75, 3.05) is 7.11 Å². The summed E-state index contributed by atoms with van der Waals surface area (Å²) in [6, 6.07) is 5.67. The second kappa shape index (κ2) is 6.04. The van der Waals surface area contributed by atoms with Crippen LogP contribution < -0.4 is 10.1 Å². The molecule has 0 aliphatic carbocycles. The van der Waals surface area contributed by atoms with E-state index in [1.807, 2.05) is 18.2 Å². The smallest absolute Gasteiger partial charge is 0.220 e. The highest BCUT2D eigenvalue weighted by atomic mass is 35.5. The summed E-state index contributed by atoms with van der Waals surface area (Å²) in [5.41, 5.74) is 0.795. The zero-order valence-electron chi connectivity index (χ0n) is 12.3. The second-order valence-electron chi connectivity index (χ2n) is 6.02. The van der Waals surface area contributed by atoms with E-state index < -0.39 is 0 Å². The van der Waals surface area contributed by atoms with E-state index in [0.717, 1.165) is 30.6 Å². The molecular formula is C16H22ClNO2. The fourth-order valence-electron chi connectivity index (χ4n) is 3.15. The molecule has 0 aromatic heterocycles. The Morgan fingerprint density at radius 1 is 1.45 bits per heavy atom. The Bertz CT molecular complexity index is 501. The number of halogens is 1. The molecule has 1 fully saturated rings. The summed E-state index contributed by atoms with van der Waals surface area (Å²) in [6.45, 7) is 4.35. The van der Waals surface area contributed by atoms with Gasteiger partial charge in [-0.05, 0) is 30.9 Å². The molecule has 1 aromatic carbocycles. The van der Waals surface area contributed by atoms with Gasteiger partial charge in [-0.3, -0.25) is 4.79 Å². The molecule has 1 N–H and O–H groups in total. The normalized spacial score (nSPS) is 22.1. The molecule has 0 radical (unpaired) electrons. The third-order valence-electron chi connectivity index (χ3n) is 3.85. The molecule has 4 heteroatoms. The van der Waals surface area contributed by atoms with Crippen LogP contribution in [0.15, 0.2) is 18.2 Å². The first-order chi connectivity index (χ1) is 9.46. The van der Waals surface area contributed by atoms with Crippen LogP contribution >= 0.6 is 11.6 Å². The molecule has 1 unspecified atom stereocenters. The van der Waals surface area contributed by atoms with E-state index in [2.05, 4.69) is 19.2 Å². The Kier molecular flexibility index (Phi) is 4.59. The predicted octanol–water partition coefficient (Wildman–Crippen LogP) is 3.59. The lowest BCUT2D eigenvalue weighted by Gasteiger charge is -2.32. The van der Waals surface area contributed by atoms with Gasteiger partial charge in [0.1, 0.15) is 5.75 Å². The molecule has 1 amide bonds. The van der Waals surface area contributed by atoms with Crippen LogP contribution in [0.2, 0.25) is 5.02 Å². The maximum Gasteiger partial charge on any atom is 0.220 e. The molecule has 1 aliphatic rings. The van der Waals surface area contributed by atoms with Crippen molar-refractivity contribution in [2.24, 2.45) is 5.92 Å². The molecular weight excluding hydrogens is 274 g/mol. The number of hydrogen-bond acceptors (Lipinski definition) is 2. The van der Waals surface area contributed by atoms with E-state index in [9.17, 15) is 4.79 Å². The number of hydrogen-bond donors (Lipinski definition) is 1. The Labute approximate surface area is 125 Å². The summed E-state index contributed by atoms with van der Waals surface area (Å²) in [6.07, 6.45) is 3.13. The molecule has 2 rings (SSSR count). The van der Waals surface area contributed by atoms with Gasteiger partial charge in [0.05, 0.1) is 7.11 Å². The Hall–Kier alpha value is -1.22. The van der Waals surface area contributed by atoms with Crippen molar-refractivity contribution in [3.8, 4) is 5.75 Å². The highest BCUT2D eigenvalue weighted by Gasteiger charge is 2.39. The van der Waals surface area contributed by atoms with Crippen molar-refractivity contribution in [1.29, 1.82) is 0 Å². The number of nitrogens with one attached hydrogen (secondary N) is 1. The molecule has 0 bridgehead atoms. The van der Waals surface area contributed by atoms with Crippen LogP contribution in [0.4, 0.5) is 0 Å². The zero-order valence-corrected chi connectivity index (χ0v) is 13.1. The fraction of sp³-hybridized carbons (Fsp3) is 0.562. The van der Waals surface area contributed by atoms with E-state index in [1.165, 1.54) is 0 Å². The Morgan fingerprint density at radius 3 is 2.75 bits per heavy atom. The Balaban J connectivity index is 2.31. The van der Waals surface area contributed by atoms with Gasteiger partial charge in [0, 0.05) is 29.0 Å². The van der Waals surface area contributed by atoms with Gasteiger partial charge in [0.25, 0.3) is 0 Å². The number of ether oxygens (including phenoxy) is 1. The van der Waals surface area contributed by atoms with Crippen LogP contribution in [-0.4, -0.2) is 18.6 Å². The standard InChI is InChI=1S/C16H22ClNO2/c1-11(2)9-16(8-7-15(19)18-16)10-12-13(17)5-4-6-14(12)20-3/h4-6,11H,7-10H2,1-3H3,(H,18,19). The van der Waals surface area contributed by atoms with Gasteiger partial charge in [0.15, 0.2) is 0 Å². The number of benzene rings is 1. The quantitative estimate of drug-likeness (QED) is 0.901. The minimum absolute atomic E-state index is 0.136. The van der Waals surface area contributed by atoms with Gasteiger partial charge < -0.3 is 10.1 Å². The monoisotopic (exact) mass is 295 g/mol. The van der Waals surface area contributed by atoms with Gasteiger partial charge >= 0.3 is 0 Å². The van der Waals surface area contributed by atoms with Crippen LogP contribution in [0.5, 0.6) is 5.75 Å². The fourth-order valence-corrected chi connectivity index (χ4v) is 3.39. The number of carbonyl (C=O) groups is 1. The maximum atomic E-state index is 11.7. The van der Waals surface area contributed by atoms with Crippen molar-refractivity contribution < 1.29 is 9.53 Å². The summed E-state index contributed by atoms with van der Waals surface area (Å²) in [7, 11) is 1.65. The van der Waals surface area contributed by atoms with Crippen LogP contribution in [0.1, 0.15) is 38.7 Å². The topological polar surface area (TPSA) is 38.3 Å². The summed E-state index contributed by atoms with van der Waals surface area (Å²) in [4.78, 5) is 11.7. The first-order valence-corrected chi connectivity index (χ1v) is 7.46. The summed E-state index contributed by atoms with van der Waals surface area (Å²) in [5, 5.41) is 3.88. The molecule has 0 spiro atoms. The van der Waals surface area contributed by atoms with E-state index in [1.54, 1.807) is 7.11 Å². The second-order valence-corrected chi connectivity index (χ2v) is 6.43. The van der Waals surface area contributed by atoms with Crippen molar-refractivity contribution in [2.45, 2.75) is 45.1 Å². The average Bonchev–Trinajstić information content (AvgIpc) is 2.72. The summed E-state index contributed by atoms with van der Waals surface area (Å²) < 4.78 is 5.42. The molecule has 20 heavy (non-hydrogen) atoms. The molecule has 1 heterocycles. The Morgan fingerprint density at radius 2 is 2.20 bits per heavy atom.